The van der Waals surface area contributed by atoms with E-state index in [4.69, 9.17) is 5.73 Å². The molecule has 0 spiro atoms. The largest absolute Gasteiger partial charge is 0.351 e. The Hall–Kier alpha value is -2.14. The Bertz CT molecular complexity index is 855. The molecule has 5 heteroatoms. The molecule has 0 bridgehead atoms. The first-order chi connectivity index (χ1) is 10.8. The number of para-hydroxylation sites is 1. The first-order valence-electron chi connectivity index (χ1n) is 8.08. The van der Waals surface area contributed by atoms with E-state index in [9.17, 15) is 0 Å². The van der Waals surface area contributed by atoms with Crippen LogP contribution in [-0.4, -0.2) is 33.6 Å². The maximum atomic E-state index is 6.31. The van der Waals surface area contributed by atoms with Gasteiger partial charge in [-0.15, -0.1) is 0 Å². The Kier molecular flexibility index (Phi) is 2.50. The summed E-state index contributed by atoms with van der Waals surface area (Å²) in [5.41, 5.74) is 8.34. The number of aromatic nitrogens is 3. The van der Waals surface area contributed by atoms with Crippen LogP contribution in [0.3, 0.4) is 0 Å². The van der Waals surface area contributed by atoms with Gasteiger partial charge in [0.2, 0.25) is 0 Å². The fourth-order valence-corrected chi connectivity index (χ4v) is 4.12. The van der Waals surface area contributed by atoms with E-state index in [0.717, 1.165) is 28.9 Å². The third kappa shape index (κ3) is 1.63. The van der Waals surface area contributed by atoms with Crippen molar-refractivity contribution in [2.45, 2.75) is 31.3 Å². The zero-order chi connectivity index (χ0) is 14.7. The highest BCUT2D eigenvalue weighted by Gasteiger charge is 2.52. The van der Waals surface area contributed by atoms with Gasteiger partial charge in [0, 0.05) is 23.5 Å². The maximum absolute atomic E-state index is 6.31. The number of nitrogens with zero attached hydrogens (tertiary/aromatic N) is 3. The molecule has 3 N–H and O–H groups in total. The fourth-order valence-electron chi connectivity index (χ4n) is 4.12. The molecule has 1 aromatic carbocycles. The van der Waals surface area contributed by atoms with Gasteiger partial charge in [-0.1, -0.05) is 24.6 Å². The molecular weight excluding hydrogens is 274 g/mol. The number of fused-ring (bicyclic) bond motifs is 4. The zero-order valence-corrected chi connectivity index (χ0v) is 12.4. The minimum Gasteiger partial charge on any atom is -0.351 e. The fraction of sp³-hybridized carbons (Fsp3) is 0.412. The number of anilines is 1. The molecule has 2 fully saturated rings. The molecule has 3 aromatic rings. The second kappa shape index (κ2) is 4.43. The topological polar surface area (TPSA) is 70.8 Å². The minimum absolute atomic E-state index is 0.301. The summed E-state index contributed by atoms with van der Waals surface area (Å²) in [6.07, 6.45) is 5.41. The molecule has 0 amide bonds. The van der Waals surface area contributed by atoms with E-state index in [0.29, 0.717) is 18.0 Å². The van der Waals surface area contributed by atoms with Crippen LogP contribution in [-0.2, 0) is 0 Å². The standard InChI is InChI=1S/C17H19N5/c18-14-11-6-3-4-8-22(15(11)14)17-13-10-5-1-2-7-12(10)21-16(13)19-9-20-17/h1-2,5,7,9,11,14-15H,3-4,6,8,18H2,(H,19,20,21). The maximum Gasteiger partial charge on any atom is 0.143 e. The number of benzene rings is 1. The van der Waals surface area contributed by atoms with Crippen molar-refractivity contribution < 1.29 is 0 Å². The van der Waals surface area contributed by atoms with Gasteiger partial charge in [-0.3, -0.25) is 0 Å². The number of hydrogen-bond donors (Lipinski definition) is 2. The quantitative estimate of drug-likeness (QED) is 0.723. The number of H-pyrrole nitrogens is 1. The predicted molar refractivity (Wildman–Crippen MR) is 87.8 cm³/mol. The Labute approximate surface area is 128 Å². The third-order valence-electron chi connectivity index (χ3n) is 5.28. The number of hydrogen-bond acceptors (Lipinski definition) is 4. The summed E-state index contributed by atoms with van der Waals surface area (Å²) in [6.45, 7) is 1.04. The summed E-state index contributed by atoms with van der Waals surface area (Å²) < 4.78 is 0. The minimum atomic E-state index is 0.301. The lowest BCUT2D eigenvalue weighted by Gasteiger charge is -2.23. The molecule has 2 aliphatic rings. The van der Waals surface area contributed by atoms with Gasteiger partial charge in [-0.2, -0.15) is 0 Å². The van der Waals surface area contributed by atoms with Crippen LogP contribution in [0.4, 0.5) is 5.82 Å². The van der Waals surface area contributed by atoms with E-state index in [-0.39, 0.29) is 0 Å². The normalized spacial score (nSPS) is 27.9. The molecule has 3 unspecified atom stereocenters. The Morgan fingerprint density at radius 2 is 2.09 bits per heavy atom. The van der Waals surface area contributed by atoms with Crippen LogP contribution < -0.4 is 10.6 Å². The second-order valence-corrected chi connectivity index (χ2v) is 6.51. The van der Waals surface area contributed by atoms with E-state index < -0.39 is 0 Å². The van der Waals surface area contributed by atoms with Gasteiger partial charge >= 0.3 is 0 Å². The summed E-state index contributed by atoms with van der Waals surface area (Å²) in [5.74, 6) is 1.69. The average Bonchev–Trinajstić information content (AvgIpc) is 3.09. The highest BCUT2D eigenvalue weighted by atomic mass is 15.3. The van der Waals surface area contributed by atoms with E-state index in [2.05, 4.69) is 38.1 Å². The Morgan fingerprint density at radius 3 is 3.05 bits per heavy atom. The Balaban J connectivity index is 1.73. The lowest BCUT2D eigenvalue weighted by Crippen LogP contribution is -2.31. The molecule has 0 radical (unpaired) electrons. The molecule has 3 heterocycles. The van der Waals surface area contributed by atoms with Crippen molar-refractivity contribution in [2.75, 3.05) is 11.4 Å². The van der Waals surface area contributed by atoms with Crippen molar-refractivity contribution in [1.82, 2.24) is 15.0 Å². The monoisotopic (exact) mass is 293 g/mol. The van der Waals surface area contributed by atoms with Crippen molar-refractivity contribution in [2.24, 2.45) is 11.7 Å². The first kappa shape index (κ1) is 12.4. The van der Waals surface area contributed by atoms with Gasteiger partial charge in [0.15, 0.2) is 0 Å². The van der Waals surface area contributed by atoms with Crippen LogP contribution in [0.2, 0.25) is 0 Å². The smallest absolute Gasteiger partial charge is 0.143 e. The van der Waals surface area contributed by atoms with Crippen molar-refractivity contribution in [3.05, 3.63) is 30.6 Å². The van der Waals surface area contributed by atoms with E-state index in [1.807, 2.05) is 6.07 Å². The summed E-state index contributed by atoms with van der Waals surface area (Å²) in [6, 6.07) is 9.10. The first-order valence-corrected chi connectivity index (χ1v) is 8.08. The molecule has 2 aromatic heterocycles. The van der Waals surface area contributed by atoms with Gasteiger partial charge < -0.3 is 15.6 Å². The average molecular weight is 293 g/mol. The molecule has 5 rings (SSSR count). The summed E-state index contributed by atoms with van der Waals surface area (Å²) in [5, 5.41) is 2.33. The van der Waals surface area contributed by atoms with Crippen LogP contribution in [0.5, 0.6) is 0 Å². The van der Waals surface area contributed by atoms with Crippen LogP contribution >= 0.6 is 0 Å². The van der Waals surface area contributed by atoms with E-state index in [1.54, 1.807) is 6.33 Å². The van der Waals surface area contributed by atoms with Crippen molar-refractivity contribution in [3.63, 3.8) is 0 Å². The van der Waals surface area contributed by atoms with Crippen molar-refractivity contribution >= 4 is 27.8 Å². The molecule has 1 saturated carbocycles. The zero-order valence-electron chi connectivity index (χ0n) is 12.4. The predicted octanol–water partition coefficient (Wildman–Crippen LogP) is 2.43. The number of nitrogens with two attached hydrogens (primary N) is 1. The molecule has 1 aliphatic heterocycles. The Morgan fingerprint density at radius 1 is 1.18 bits per heavy atom. The van der Waals surface area contributed by atoms with Gasteiger partial charge in [0.05, 0.1) is 11.4 Å². The molecule has 1 aliphatic carbocycles. The lowest BCUT2D eigenvalue weighted by atomic mass is 10.2. The highest BCUT2D eigenvalue weighted by molar-refractivity contribution is 6.11. The summed E-state index contributed by atoms with van der Waals surface area (Å²) in [7, 11) is 0. The van der Waals surface area contributed by atoms with Crippen LogP contribution in [0.25, 0.3) is 21.9 Å². The number of nitrogens with one attached hydrogen (secondary N) is 1. The third-order valence-corrected chi connectivity index (χ3v) is 5.28. The molecule has 3 atom stereocenters. The number of aromatic amines is 1. The van der Waals surface area contributed by atoms with Crippen LogP contribution in [0.1, 0.15) is 19.3 Å². The van der Waals surface area contributed by atoms with E-state index >= 15 is 0 Å². The van der Waals surface area contributed by atoms with Gasteiger partial charge in [0.1, 0.15) is 17.8 Å². The number of rotatable bonds is 1. The SMILES string of the molecule is NC1C2CCCCN(c3ncnc4[nH]c5ccccc5c34)C12. The van der Waals surface area contributed by atoms with Gasteiger partial charge in [-0.25, -0.2) is 9.97 Å². The molecular formula is C17H19N5. The van der Waals surface area contributed by atoms with Crippen molar-refractivity contribution in [3.8, 4) is 0 Å². The summed E-state index contributed by atoms with van der Waals surface area (Å²) >= 11 is 0. The second-order valence-electron chi connectivity index (χ2n) is 6.51. The summed E-state index contributed by atoms with van der Waals surface area (Å²) in [4.78, 5) is 14.9. The van der Waals surface area contributed by atoms with E-state index in [1.165, 1.54) is 24.6 Å². The lowest BCUT2D eigenvalue weighted by molar-refractivity contribution is 0.643. The highest BCUT2D eigenvalue weighted by Crippen LogP contribution is 2.44. The van der Waals surface area contributed by atoms with Crippen LogP contribution in [0, 0.1) is 5.92 Å². The molecule has 5 nitrogen and oxygen atoms in total. The van der Waals surface area contributed by atoms with Crippen LogP contribution in [0.15, 0.2) is 30.6 Å². The van der Waals surface area contributed by atoms with Gasteiger partial charge in [-0.05, 0) is 24.8 Å². The van der Waals surface area contributed by atoms with Crippen molar-refractivity contribution in [1.29, 1.82) is 0 Å². The molecule has 1 saturated heterocycles. The van der Waals surface area contributed by atoms with Gasteiger partial charge in [0.25, 0.3) is 0 Å². The molecule has 22 heavy (non-hydrogen) atoms. The molecule has 112 valence electrons.